The minimum atomic E-state index is 0.395. The third-order valence-corrected chi connectivity index (χ3v) is 3.20. The molecule has 0 saturated heterocycles. The van der Waals surface area contributed by atoms with Gasteiger partial charge in [0.1, 0.15) is 11.2 Å². The molecule has 0 unspecified atom stereocenters. The average molecular weight is 339 g/mol. The van der Waals surface area contributed by atoms with Gasteiger partial charge in [0.15, 0.2) is 0 Å². The highest BCUT2D eigenvalue weighted by atomic mass is 79.9. The van der Waals surface area contributed by atoms with E-state index in [2.05, 4.69) is 25.9 Å². The van der Waals surface area contributed by atoms with Gasteiger partial charge in [-0.15, -0.1) is 0 Å². The minimum absolute atomic E-state index is 0.395. The molecule has 0 radical (unpaired) electrons. The van der Waals surface area contributed by atoms with Gasteiger partial charge in [0.05, 0.1) is 0 Å². The third kappa shape index (κ3) is 2.72. The van der Waals surface area contributed by atoms with Crippen LogP contribution in [0, 0.1) is 0 Å². The maximum absolute atomic E-state index is 5.93. The van der Waals surface area contributed by atoms with Crippen molar-refractivity contribution in [3.05, 3.63) is 58.0 Å². The number of aromatic nitrogens is 3. The SMILES string of the molecule is Clc1cccc(COc2nc(Br)cn3ccnc23)c1. The fourth-order valence-corrected chi connectivity index (χ4v) is 2.34. The normalized spacial score (nSPS) is 10.8. The first-order chi connectivity index (χ1) is 9.22. The number of imidazole rings is 1. The molecule has 0 N–H and O–H groups in total. The molecule has 4 nitrogen and oxygen atoms in total. The Kier molecular flexibility index (Phi) is 3.40. The second-order valence-electron chi connectivity index (χ2n) is 3.95. The quantitative estimate of drug-likeness (QED) is 0.730. The number of hydrogen-bond acceptors (Lipinski definition) is 3. The highest BCUT2D eigenvalue weighted by Gasteiger charge is 2.08. The Morgan fingerprint density at radius 1 is 1.37 bits per heavy atom. The summed E-state index contributed by atoms with van der Waals surface area (Å²) in [5.74, 6) is 0.486. The molecule has 0 fully saturated rings. The smallest absolute Gasteiger partial charge is 0.259 e. The van der Waals surface area contributed by atoms with E-state index in [0.717, 1.165) is 5.56 Å². The lowest BCUT2D eigenvalue weighted by Gasteiger charge is -2.07. The van der Waals surface area contributed by atoms with Crippen LogP contribution in [0.5, 0.6) is 5.88 Å². The summed E-state index contributed by atoms with van der Waals surface area (Å²) in [6, 6.07) is 7.53. The summed E-state index contributed by atoms with van der Waals surface area (Å²) in [7, 11) is 0. The van der Waals surface area contributed by atoms with Gasteiger partial charge in [0, 0.05) is 23.6 Å². The Morgan fingerprint density at radius 2 is 2.26 bits per heavy atom. The monoisotopic (exact) mass is 337 g/mol. The fraction of sp³-hybridized carbons (Fsp3) is 0.0769. The van der Waals surface area contributed by atoms with E-state index in [-0.39, 0.29) is 0 Å². The zero-order valence-electron chi connectivity index (χ0n) is 9.75. The molecule has 3 aromatic rings. The summed E-state index contributed by atoms with van der Waals surface area (Å²) in [6.07, 6.45) is 5.37. The van der Waals surface area contributed by atoms with E-state index in [9.17, 15) is 0 Å². The highest BCUT2D eigenvalue weighted by molar-refractivity contribution is 9.10. The summed E-state index contributed by atoms with van der Waals surface area (Å²) in [4.78, 5) is 8.51. The van der Waals surface area contributed by atoms with Gasteiger partial charge in [0.2, 0.25) is 5.65 Å². The lowest BCUT2D eigenvalue weighted by molar-refractivity contribution is 0.295. The van der Waals surface area contributed by atoms with Crippen LogP contribution in [0.1, 0.15) is 5.56 Å². The van der Waals surface area contributed by atoms with Crippen LogP contribution in [-0.2, 0) is 6.61 Å². The molecular formula is C13H9BrClN3O. The van der Waals surface area contributed by atoms with Gasteiger partial charge in [-0.25, -0.2) is 9.97 Å². The van der Waals surface area contributed by atoms with E-state index in [1.165, 1.54) is 0 Å². The molecule has 0 amide bonds. The van der Waals surface area contributed by atoms with E-state index in [0.29, 0.717) is 27.8 Å². The van der Waals surface area contributed by atoms with Crippen LogP contribution in [0.3, 0.4) is 0 Å². The molecule has 2 heterocycles. The molecule has 0 aliphatic heterocycles. The first-order valence-corrected chi connectivity index (χ1v) is 6.76. The van der Waals surface area contributed by atoms with E-state index in [1.807, 2.05) is 41.1 Å². The van der Waals surface area contributed by atoms with Crippen molar-refractivity contribution >= 4 is 33.2 Å². The Balaban J connectivity index is 1.87. The van der Waals surface area contributed by atoms with Gasteiger partial charge >= 0.3 is 0 Å². The second kappa shape index (κ2) is 5.19. The number of fused-ring (bicyclic) bond motifs is 1. The molecule has 0 bridgehead atoms. The van der Waals surface area contributed by atoms with Crippen molar-refractivity contribution in [1.82, 2.24) is 14.4 Å². The van der Waals surface area contributed by atoms with Crippen molar-refractivity contribution in [2.45, 2.75) is 6.61 Å². The van der Waals surface area contributed by atoms with Crippen LogP contribution >= 0.6 is 27.5 Å². The molecule has 2 aromatic heterocycles. The fourth-order valence-electron chi connectivity index (χ4n) is 1.75. The van der Waals surface area contributed by atoms with Crippen molar-refractivity contribution in [3.8, 4) is 5.88 Å². The molecular weight excluding hydrogens is 330 g/mol. The van der Waals surface area contributed by atoms with Crippen LogP contribution in [0.15, 0.2) is 47.5 Å². The average Bonchev–Trinajstić information content (AvgIpc) is 2.84. The zero-order valence-corrected chi connectivity index (χ0v) is 12.1. The molecule has 1 aromatic carbocycles. The number of rotatable bonds is 3. The predicted octanol–water partition coefficient (Wildman–Crippen LogP) is 3.72. The topological polar surface area (TPSA) is 39.4 Å². The van der Waals surface area contributed by atoms with E-state index in [4.69, 9.17) is 16.3 Å². The van der Waals surface area contributed by atoms with Gasteiger partial charge in [-0.2, -0.15) is 0 Å². The maximum Gasteiger partial charge on any atom is 0.259 e. The first kappa shape index (κ1) is 12.4. The summed E-state index contributed by atoms with van der Waals surface area (Å²) in [5.41, 5.74) is 1.67. The Labute approximate surface area is 123 Å². The second-order valence-corrected chi connectivity index (χ2v) is 5.19. The van der Waals surface area contributed by atoms with E-state index >= 15 is 0 Å². The number of benzene rings is 1. The van der Waals surface area contributed by atoms with E-state index < -0.39 is 0 Å². The van der Waals surface area contributed by atoms with Gasteiger partial charge in [-0.3, -0.25) is 4.40 Å². The van der Waals surface area contributed by atoms with Crippen LogP contribution in [0.25, 0.3) is 5.65 Å². The molecule has 0 spiro atoms. The molecule has 6 heteroatoms. The van der Waals surface area contributed by atoms with Crippen molar-refractivity contribution in [2.75, 3.05) is 0 Å². The summed E-state index contributed by atoms with van der Waals surface area (Å²) in [5, 5.41) is 0.689. The van der Waals surface area contributed by atoms with Crippen molar-refractivity contribution < 1.29 is 4.74 Å². The number of ether oxygens (including phenoxy) is 1. The Hall–Kier alpha value is -1.59. The molecule has 96 valence electrons. The lowest BCUT2D eigenvalue weighted by Crippen LogP contribution is -2.00. The van der Waals surface area contributed by atoms with Crippen molar-refractivity contribution in [2.24, 2.45) is 0 Å². The van der Waals surface area contributed by atoms with Crippen LogP contribution in [0.4, 0.5) is 0 Å². The van der Waals surface area contributed by atoms with Crippen LogP contribution < -0.4 is 4.74 Å². The molecule has 0 atom stereocenters. The van der Waals surface area contributed by atoms with Crippen LogP contribution in [0.2, 0.25) is 5.02 Å². The van der Waals surface area contributed by atoms with Crippen molar-refractivity contribution in [3.63, 3.8) is 0 Å². The number of halogens is 2. The first-order valence-electron chi connectivity index (χ1n) is 5.59. The largest absolute Gasteiger partial charge is 0.470 e. The molecule has 0 aliphatic carbocycles. The van der Waals surface area contributed by atoms with Gasteiger partial charge in [-0.1, -0.05) is 23.7 Å². The predicted molar refractivity (Wildman–Crippen MR) is 76.5 cm³/mol. The molecule has 19 heavy (non-hydrogen) atoms. The number of hydrogen-bond donors (Lipinski definition) is 0. The molecule has 0 aliphatic rings. The van der Waals surface area contributed by atoms with Crippen molar-refractivity contribution in [1.29, 1.82) is 0 Å². The zero-order chi connectivity index (χ0) is 13.2. The molecule has 3 rings (SSSR count). The summed E-state index contributed by atoms with van der Waals surface area (Å²) >= 11 is 9.28. The Morgan fingerprint density at radius 3 is 3.11 bits per heavy atom. The lowest BCUT2D eigenvalue weighted by atomic mass is 10.2. The third-order valence-electron chi connectivity index (χ3n) is 2.58. The highest BCUT2D eigenvalue weighted by Crippen LogP contribution is 2.20. The summed E-state index contributed by atoms with van der Waals surface area (Å²) < 4.78 is 8.26. The van der Waals surface area contributed by atoms with Gasteiger partial charge < -0.3 is 4.74 Å². The number of nitrogens with zero attached hydrogens (tertiary/aromatic N) is 3. The molecule has 0 saturated carbocycles. The van der Waals surface area contributed by atoms with Gasteiger partial charge in [0.25, 0.3) is 5.88 Å². The van der Waals surface area contributed by atoms with E-state index in [1.54, 1.807) is 6.20 Å². The van der Waals surface area contributed by atoms with Gasteiger partial charge in [-0.05, 0) is 33.6 Å². The summed E-state index contributed by atoms with van der Waals surface area (Å²) in [6.45, 7) is 0.395. The maximum atomic E-state index is 5.93. The standard InChI is InChI=1S/C13H9BrClN3O/c14-11-7-18-5-4-16-12(18)13(17-11)19-8-9-2-1-3-10(15)6-9/h1-7H,8H2. The Bertz CT molecular complexity index is 729. The van der Waals surface area contributed by atoms with Crippen LogP contribution in [-0.4, -0.2) is 14.4 Å². The minimum Gasteiger partial charge on any atom is -0.470 e.